The number of anilines is 1. The van der Waals surface area contributed by atoms with Crippen LogP contribution in [0.25, 0.3) is 0 Å². The Bertz CT molecular complexity index is 571. The Morgan fingerprint density at radius 3 is 2.45 bits per heavy atom. The van der Waals surface area contributed by atoms with Gasteiger partial charge in [0.2, 0.25) is 0 Å². The van der Waals surface area contributed by atoms with E-state index >= 15 is 0 Å². The van der Waals surface area contributed by atoms with Crippen molar-refractivity contribution in [3.63, 3.8) is 0 Å². The Morgan fingerprint density at radius 2 is 1.95 bits per heavy atom. The van der Waals surface area contributed by atoms with E-state index in [1.54, 1.807) is 0 Å². The Hall–Kier alpha value is -2.20. The SMILES string of the molecule is COC(=O)Nc1nc(C(OC(C)(C)C(=O)OC)C(N)=O)cs1. The molecular formula is C12H17N3O6S. The average Bonchev–Trinajstić information content (AvgIpc) is 2.91. The third-order valence-electron chi connectivity index (χ3n) is 2.53. The smallest absolute Gasteiger partial charge is 0.413 e. The fraction of sp³-hybridized carbons (Fsp3) is 0.500. The topological polar surface area (TPSA) is 130 Å². The van der Waals surface area contributed by atoms with Gasteiger partial charge in [-0.15, -0.1) is 11.3 Å². The van der Waals surface area contributed by atoms with Crippen molar-refractivity contribution in [2.75, 3.05) is 19.5 Å². The van der Waals surface area contributed by atoms with Gasteiger partial charge < -0.3 is 19.9 Å². The maximum absolute atomic E-state index is 11.6. The van der Waals surface area contributed by atoms with Gasteiger partial charge >= 0.3 is 12.1 Å². The molecule has 9 nitrogen and oxygen atoms in total. The lowest BCUT2D eigenvalue weighted by Gasteiger charge is -2.26. The summed E-state index contributed by atoms with van der Waals surface area (Å²) in [6.07, 6.45) is -1.97. The number of carbonyl (C=O) groups excluding carboxylic acids is 3. The zero-order valence-corrected chi connectivity index (χ0v) is 13.4. The number of rotatable bonds is 6. The number of nitrogens with two attached hydrogens (primary N) is 1. The first-order valence-corrected chi connectivity index (χ1v) is 6.95. The van der Waals surface area contributed by atoms with Gasteiger partial charge in [0.05, 0.1) is 19.9 Å². The zero-order chi connectivity index (χ0) is 16.9. The predicted molar refractivity (Wildman–Crippen MR) is 77.3 cm³/mol. The highest BCUT2D eigenvalue weighted by atomic mass is 32.1. The monoisotopic (exact) mass is 331 g/mol. The molecule has 0 saturated heterocycles. The molecule has 0 aliphatic carbocycles. The molecule has 0 radical (unpaired) electrons. The molecule has 1 aromatic heterocycles. The molecule has 122 valence electrons. The van der Waals surface area contributed by atoms with Crippen LogP contribution in [0.3, 0.4) is 0 Å². The van der Waals surface area contributed by atoms with Gasteiger partial charge in [0.25, 0.3) is 5.91 Å². The number of amides is 2. The van der Waals surface area contributed by atoms with Crippen molar-refractivity contribution in [3.8, 4) is 0 Å². The number of aromatic nitrogens is 1. The van der Waals surface area contributed by atoms with Crippen LogP contribution in [-0.2, 0) is 23.8 Å². The Morgan fingerprint density at radius 1 is 1.32 bits per heavy atom. The number of esters is 1. The number of primary amides is 1. The van der Waals surface area contributed by atoms with Crippen molar-refractivity contribution in [1.82, 2.24) is 4.98 Å². The summed E-state index contributed by atoms with van der Waals surface area (Å²) in [4.78, 5) is 38.3. The highest BCUT2D eigenvalue weighted by Crippen LogP contribution is 2.28. The van der Waals surface area contributed by atoms with Crippen LogP contribution in [0.1, 0.15) is 25.6 Å². The van der Waals surface area contributed by atoms with Gasteiger partial charge in [-0.2, -0.15) is 0 Å². The quantitative estimate of drug-likeness (QED) is 0.738. The summed E-state index contributed by atoms with van der Waals surface area (Å²) in [5.41, 5.74) is 4.06. The van der Waals surface area contributed by atoms with Gasteiger partial charge in [-0.05, 0) is 13.8 Å². The molecule has 1 atom stereocenters. The number of methoxy groups -OCH3 is 2. The molecule has 0 bridgehead atoms. The number of nitrogens with one attached hydrogen (secondary N) is 1. The molecular weight excluding hydrogens is 314 g/mol. The molecule has 0 saturated carbocycles. The number of hydrogen-bond donors (Lipinski definition) is 2. The summed E-state index contributed by atoms with van der Waals surface area (Å²) < 4.78 is 14.5. The van der Waals surface area contributed by atoms with E-state index < -0.39 is 29.7 Å². The second-order valence-electron chi connectivity index (χ2n) is 4.60. The van der Waals surface area contributed by atoms with Crippen LogP contribution in [0, 0.1) is 0 Å². The van der Waals surface area contributed by atoms with Gasteiger partial charge in [0.1, 0.15) is 0 Å². The Balaban J connectivity index is 2.95. The average molecular weight is 331 g/mol. The van der Waals surface area contributed by atoms with E-state index in [-0.39, 0.29) is 10.8 Å². The molecule has 3 N–H and O–H groups in total. The highest BCUT2D eigenvalue weighted by molar-refractivity contribution is 7.13. The van der Waals surface area contributed by atoms with Gasteiger partial charge in [-0.25, -0.2) is 14.6 Å². The largest absolute Gasteiger partial charge is 0.467 e. The maximum Gasteiger partial charge on any atom is 0.413 e. The second-order valence-corrected chi connectivity index (χ2v) is 5.45. The van der Waals surface area contributed by atoms with Crippen LogP contribution in [0.15, 0.2) is 5.38 Å². The molecule has 0 aromatic carbocycles. The molecule has 0 spiro atoms. The zero-order valence-electron chi connectivity index (χ0n) is 12.5. The molecule has 1 rings (SSSR count). The van der Waals surface area contributed by atoms with E-state index in [9.17, 15) is 14.4 Å². The van der Waals surface area contributed by atoms with Gasteiger partial charge in [-0.3, -0.25) is 10.1 Å². The van der Waals surface area contributed by atoms with E-state index in [0.29, 0.717) is 0 Å². The van der Waals surface area contributed by atoms with Crippen LogP contribution >= 0.6 is 11.3 Å². The van der Waals surface area contributed by atoms with Crippen molar-refractivity contribution >= 4 is 34.4 Å². The van der Waals surface area contributed by atoms with Crippen molar-refractivity contribution < 1.29 is 28.6 Å². The summed E-state index contributed by atoms with van der Waals surface area (Å²) in [6, 6.07) is 0. The first kappa shape index (κ1) is 17.9. The Labute approximate surface area is 130 Å². The van der Waals surface area contributed by atoms with E-state index in [1.165, 1.54) is 33.4 Å². The normalized spacial score (nSPS) is 12.4. The van der Waals surface area contributed by atoms with Crippen LogP contribution in [0.2, 0.25) is 0 Å². The molecule has 0 aliphatic heterocycles. The lowest BCUT2D eigenvalue weighted by Crippen LogP contribution is -2.40. The van der Waals surface area contributed by atoms with Crippen LogP contribution in [-0.4, -0.2) is 42.8 Å². The van der Waals surface area contributed by atoms with Gasteiger partial charge in [-0.1, -0.05) is 0 Å². The first-order chi connectivity index (χ1) is 10.2. The van der Waals surface area contributed by atoms with E-state index in [4.69, 9.17) is 10.5 Å². The summed E-state index contributed by atoms with van der Waals surface area (Å²) in [7, 11) is 2.41. The third kappa shape index (κ3) is 4.40. The molecule has 22 heavy (non-hydrogen) atoms. The van der Waals surface area contributed by atoms with Crippen LogP contribution < -0.4 is 11.1 Å². The lowest BCUT2D eigenvalue weighted by molar-refractivity contribution is -0.174. The maximum atomic E-state index is 11.6. The molecule has 1 aromatic rings. The van der Waals surface area contributed by atoms with E-state index in [2.05, 4.69) is 19.8 Å². The van der Waals surface area contributed by atoms with E-state index in [0.717, 1.165) is 11.3 Å². The number of nitrogens with zero attached hydrogens (tertiary/aromatic N) is 1. The first-order valence-electron chi connectivity index (χ1n) is 6.07. The Kier molecular flexibility index (Phi) is 5.83. The fourth-order valence-corrected chi connectivity index (χ4v) is 2.16. The minimum atomic E-state index is -1.39. The van der Waals surface area contributed by atoms with Crippen LogP contribution in [0.5, 0.6) is 0 Å². The van der Waals surface area contributed by atoms with Crippen molar-refractivity contribution in [2.24, 2.45) is 5.73 Å². The van der Waals surface area contributed by atoms with Crippen molar-refractivity contribution in [2.45, 2.75) is 25.6 Å². The number of thiazole rings is 1. The number of carbonyl (C=O) groups is 3. The molecule has 1 unspecified atom stereocenters. The third-order valence-corrected chi connectivity index (χ3v) is 3.31. The fourth-order valence-electron chi connectivity index (χ4n) is 1.46. The molecule has 0 fully saturated rings. The summed E-state index contributed by atoms with van der Waals surface area (Å²) in [6.45, 7) is 2.88. The summed E-state index contributed by atoms with van der Waals surface area (Å²) in [5.74, 6) is -1.49. The number of hydrogen-bond acceptors (Lipinski definition) is 8. The molecule has 10 heteroatoms. The summed E-state index contributed by atoms with van der Waals surface area (Å²) in [5, 5.41) is 4.03. The molecule has 1 heterocycles. The minimum Gasteiger partial charge on any atom is -0.467 e. The van der Waals surface area contributed by atoms with Crippen molar-refractivity contribution in [3.05, 3.63) is 11.1 Å². The molecule has 0 aliphatic rings. The van der Waals surface area contributed by atoms with E-state index in [1.807, 2.05) is 0 Å². The minimum absolute atomic E-state index is 0.167. The number of ether oxygens (including phenoxy) is 3. The highest BCUT2D eigenvalue weighted by Gasteiger charge is 2.36. The summed E-state index contributed by atoms with van der Waals surface area (Å²) >= 11 is 1.05. The standard InChI is InChI=1S/C12H17N3O6S/c1-12(2,9(17)19-3)21-7(8(13)16)6-5-22-10(14-6)15-11(18)20-4/h5,7H,1-4H3,(H2,13,16)(H,14,15,18). The van der Waals surface area contributed by atoms with Gasteiger partial charge in [0, 0.05) is 5.38 Å². The van der Waals surface area contributed by atoms with Gasteiger partial charge in [0.15, 0.2) is 16.8 Å². The molecule has 2 amide bonds. The van der Waals surface area contributed by atoms with Crippen molar-refractivity contribution in [1.29, 1.82) is 0 Å². The van der Waals surface area contributed by atoms with Crippen LogP contribution in [0.4, 0.5) is 9.93 Å². The predicted octanol–water partition coefficient (Wildman–Crippen LogP) is 0.816. The second kappa shape index (κ2) is 7.18. The lowest BCUT2D eigenvalue weighted by atomic mass is 10.1.